The standard InChI is InChI=1S/C26H29F3N4O3/c1-24(33(23(31)34)18-6-4-16(15-30)19(13-18)26(27,28)29)8-9-25(10-11-32-22(25)14-24)17-5-7-20(35-2)21(12-17)36-3/h4-7,12-13,22,32H,8-11,14H2,1-3H3,(H2,31,34)/t22-,24+,25-/m0/s1. The fourth-order valence-corrected chi connectivity index (χ4v) is 5.99. The van der Waals surface area contributed by atoms with Gasteiger partial charge in [-0.05, 0) is 75.0 Å². The zero-order valence-electron chi connectivity index (χ0n) is 20.4. The predicted octanol–water partition coefficient (Wildman–Crippen LogP) is 4.72. The Morgan fingerprint density at radius 1 is 1.14 bits per heavy atom. The Morgan fingerprint density at radius 3 is 2.47 bits per heavy atom. The van der Waals surface area contributed by atoms with Gasteiger partial charge in [-0.25, -0.2) is 4.79 Å². The molecule has 0 bridgehead atoms. The van der Waals surface area contributed by atoms with Gasteiger partial charge < -0.3 is 20.5 Å². The Kier molecular flexibility index (Phi) is 6.56. The van der Waals surface area contributed by atoms with Crippen LogP contribution in [0.25, 0.3) is 0 Å². The second-order valence-electron chi connectivity index (χ2n) is 9.70. The van der Waals surface area contributed by atoms with Crippen molar-refractivity contribution < 1.29 is 27.4 Å². The molecule has 192 valence electrons. The van der Waals surface area contributed by atoms with Crippen molar-refractivity contribution in [1.82, 2.24) is 5.32 Å². The van der Waals surface area contributed by atoms with Crippen LogP contribution in [0.2, 0.25) is 0 Å². The molecule has 2 amide bonds. The van der Waals surface area contributed by atoms with E-state index in [1.54, 1.807) is 20.3 Å². The topological polar surface area (TPSA) is 101 Å². The number of anilines is 1. The number of urea groups is 1. The van der Waals surface area contributed by atoms with Crippen molar-refractivity contribution >= 4 is 11.7 Å². The van der Waals surface area contributed by atoms with Gasteiger partial charge in [-0.3, -0.25) is 4.90 Å². The predicted molar refractivity (Wildman–Crippen MR) is 128 cm³/mol. The Morgan fingerprint density at radius 2 is 1.86 bits per heavy atom. The number of methoxy groups -OCH3 is 2. The number of fused-ring (bicyclic) bond motifs is 1. The van der Waals surface area contributed by atoms with Gasteiger partial charge in [0.25, 0.3) is 0 Å². The van der Waals surface area contributed by atoms with E-state index in [4.69, 9.17) is 20.5 Å². The number of ether oxygens (including phenoxy) is 2. The van der Waals surface area contributed by atoms with E-state index in [-0.39, 0.29) is 17.1 Å². The monoisotopic (exact) mass is 502 g/mol. The fraction of sp³-hybridized carbons (Fsp3) is 0.462. The Hall–Kier alpha value is -3.45. The number of primary amides is 1. The number of amides is 2. The number of nitrogens with one attached hydrogen (secondary N) is 1. The molecule has 4 rings (SSSR count). The van der Waals surface area contributed by atoms with Crippen LogP contribution in [0.15, 0.2) is 36.4 Å². The van der Waals surface area contributed by atoms with E-state index in [1.165, 1.54) is 11.0 Å². The average molecular weight is 503 g/mol. The van der Waals surface area contributed by atoms with Gasteiger partial charge in [0.1, 0.15) is 0 Å². The van der Waals surface area contributed by atoms with Crippen LogP contribution in [-0.2, 0) is 11.6 Å². The largest absolute Gasteiger partial charge is 0.493 e. The summed E-state index contributed by atoms with van der Waals surface area (Å²) in [6.45, 7) is 2.61. The number of hydrogen-bond acceptors (Lipinski definition) is 5. The van der Waals surface area contributed by atoms with Crippen LogP contribution in [-0.4, -0.2) is 38.4 Å². The molecule has 7 nitrogen and oxygen atoms in total. The summed E-state index contributed by atoms with van der Waals surface area (Å²) in [7, 11) is 3.16. The molecule has 2 aromatic rings. The van der Waals surface area contributed by atoms with Crippen molar-refractivity contribution in [1.29, 1.82) is 5.26 Å². The first-order valence-electron chi connectivity index (χ1n) is 11.7. The molecule has 1 heterocycles. The van der Waals surface area contributed by atoms with Crippen LogP contribution in [0.1, 0.15) is 49.3 Å². The number of nitrogens with zero attached hydrogens (tertiary/aromatic N) is 2. The van der Waals surface area contributed by atoms with E-state index in [9.17, 15) is 18.0 Å². The average Bonchev–Trinajstić information content (AvgIpc) is 3.26. The third-order valence-corrected chi connectivity index (χ3v) is 7.79. The maximum absolute atomic E-state index is 13.6. The molecule has 2 aromatic carbocycles. The fourth-order valence-electron chi connectivity index (χ4n) is 5.99. The highest BCUT2D eigenvalue weighted by molar-refractivity contribution is 5.92. The molecule has 1 aliphatic heterocycles. The molecule has 3 atom stereocenters. The molecular weight excluding hydrogens is 473 g/mol. The Bertz CT molecular complexity index is 1210. The molecule has 0 aromatic heterocycles. The molecule has 0 spiro atoms. The maximum Gasteiger partial charge on any atom is 0.417 e. The van der Waals surface area contributed by atoms with Crippen molar-refractivity contribution in [2.75, 3.05) is 25.7 Å². The minimum atomic E-state index is -4.74. The van der Waals surface area contributed by atoms with Gasteiger partial charge in [0.15, 0.2) is 11.5 Å². The third kappa shape index (κ3) is 4.22. The molecule has 3 N–H and O–H groups in total. The van der Waals surface area contributed by atoms with E-state index in [1.807, 2.05) is 25.1 Å². The Labute approximate surface area is 208 Å². The van der Waals surface area contributed by atoms with Gasteiger partial charge in [-0.1, -0.05) is 6.07 Å². The minimum absolute atomic E-state index is 0.0212. The van der Waals surface area contributed by atoms with Crippen LogP contribution >= 0.6 is 0 Å². The van der Waals surface area contributed by atoms with Gasteiger partial charge in [-0.2, -0.15) is 18.4 Å². The molecule has 0 unspecified atom stereocenters. The SMILES string of the molecule is COc1ccc([C@]23CCN[C@H]2C[C@](C)(N(C(N)=O)c2ccc(C#N)c(C(F)(F)F)c2)CC3)cc1OC. The lowest BCUT2D eigenvalue weighted by atomic mass is 9.61. The molecule has 2 fully saturated rings. The van der Waals surface area contributed by atoms with Crippen LogP contribution in [0.4, 0.5) is 23.7 Å². The number of carbonyl (C=O) groups excluding carboxylic acids is 1. The molecule has 1 saturated carbocycles. The van der Waals surface area contributed by atoms with E-state index in [0.29, 0.717) is 30.8 Å². The molecule has 2 aliphatic rings. The molecule has 36 heavy (non-hydrogen) atoms. The number of hydrogen-bond donors (Lipinski definition) is 2. The number of rotatable bonds is 5. The van der Waals surface area contributed by atoms with E-state index < -0.39 is 28.9 Å². The minimum Gasteiger partial charge on any atom is -0.493 e. The molecule has 1 saturated heterocycles. The summed E-state index contributed by atoms with van der Waals surface area (Å²) < 4.78 is 51.8. The molecule has 0 radical (unpaired) electrons. The third-order valence-electron chi connectivity index (χ3n) is 7.79. The molecule has 10 heteroatoms. The first kappa shape index (κ1) is 25.6. The first-order chi connectivity index (χ1) is 17.0. The smallest absolute Gasteiger partial charge is 0.417 e. The summed E-state index contributed by atoms with van der Waals surface area (Å²) in [5.74, 6) is 1.25. The van der Waals surface area contributed by atoms with Crippen molar-refractivity contribution in [2.45, 2.75) is 55.8 Å². The Balaban J connectivity index is 1.72. The summed E-state index contributed by atoms with van der Waals surface area (Å²) in [6.07, 6.45) is -2.19. The zero-order valence-corrected chi connectivity index (χ0v) is 20.4. The van der Waals surface area contributed by atoms with Gasteiger partial charge in [0.05, 0.1) is 31.4 Å². The number of benzene rings is 2. The summed E-state index contributed by atoms with van der Waals surface area (Å²) in [5.41, 5.74) is 4.19. The molecular formula is C26H29F3N4O3. The van der Waals surface area contributed by atoms with Crippen molar-refractivity contribution in [2.24, 2.45) is 5.73 Å². The normalized spacial score (nSPS) is 25.5. The number of alkyl halides is 3. The van der Waals surface area contributed by atoms with E-state index in [2.05, 4.69) is 5.32 Å². The lowest BCUT2D eigenvalue weighted by Gasteiger charge is -2.51. The van der Waals surface area contributed by atoms with Crippen molar-refractivity contribution in [3.8, 4) is 17.6 Å². The van der Waals surface area contributed by atoms with Crippen LogP contribution in [0.5, 0.6) is 11.5 Å². The summed E-state index contributed by atoms with van der Waals surface area (Å²) in [6, 6.07) is 9.83. The van der Waals surface area contributed by atoms with Crippen LogP contribution in [0.3, 0.4) is 0 Å². The van der Waals surface area contributed by atoms with Gasteiger partial charge in [-0.15, -0.1) is 0 Å². The van der Waals surface area contributed by atoms with Crippen LogP contribution < -0.4 is 25.4 Å². The maximum atomic E-state index is 13.6. The van der Waals surface area contributed by atoms with Crippen molar-refractivity contribution in [3.05, 3.63) is 53.1 Å². The highest BCUT2D eigenvalue weighted by Gasteiger charge is 2.53. The number of carbonyl (C=O) groups is 1. The van der Waals surface area contributed by atoms with Gasteiger partial charge in [0.2, 0.25) is 0 Å². The quantitative estimate of drug-likeness (QED) is 0.616. The van der Waals surface area contributed by atoms with Crippen LogP contribution in [0, 0.1) is 11.3 Å². The zero-order chi connectivity index (χ0) is 26.3. The number of halogens is 3. The van der Waals surface area contributed by atoms with Gasteiger partial charge in [0, 0.05) is 22.7 Å². The summed E-state index contributed by atoms with van der Waals surface area (Å²) in [5, 5.41) is 12.7. The highest BCUT2D eigenvalue weighted by Crippen LogP contribution is 2.51. The number of nitrogens with two attached hydrogens (primary N) is 1. The second-order valence-corrected chi connectivity index (χ2v) is 9.70. The first-order valence-corrected chi connectivity index (χ1v) is 11.7. The summed E-state index contributed by atoms with van der Waals surface area (Å²) in [4.78, 5) is 13.9. The lowest BCUT2D eigenvalue weighted by molar-refractivity contribution is -0.137. The highest BCUT2D eigenvalue weighted by atomic mass is 19.4. The molecule has 1 aliphatic carbocycles. The lowest BCUT2D eigenvalue weighted by Crippen LogP contribution is -2.60. The van der Waals surface area contributed by atoms with Gasteiger partial charge >= 0.3 is 12.2 Å². The van der Waals surface area contributed by atoms with E-state index >= 15 is 0 Å². The summed E-state index contributed by atoms with van der Waals surface area (Å²) >= 11 is 0. The van der Waals surface area contributed by atoms with E-state index in [0.717, 1.165) is 30.7 Å². The van der Waals surface area contributed by atoms with Crippen molar-refractivity contribution in [3.63, 3.8) is 0 Å². The second kappa shape index (κ2) is 9.21. The number of nitriles is 1.